The lowest BCUT2D eigenvalue weighted by Crippen LogP contribution is -2.47. The van der Waals surface area contributed by atoms with Crippen molar-refractivity contribution in [2.75, 3.05) is 4.90 Å². The van der Waals surface area contributed by atoms with Gasteiger partial charge in [-0.1, -0.05) is 37.5 Å². The van der Waals surface area contributed by atoms with Crippen molar-refractivity contribution in [1.82, 2.24) is 10.3 Å². The first-order valence-electron chi connectivity index (χ1n) is 10.5. The van der Waals surface area contributed by atoms with E-state index in [4.69, 9.17) is 0 Å². The zero-order valence-corrected chi connectivity index (χ0v) is 17.9. The van der Waals surface area contributed by atoms with Gasteiger partial charge in [0.2, 0.25) is 5.91 Å². The average Bonchev–Trinajstić information content (AvgIpc) is 3.32. The number of pyridine rings is 1. The molecule has 0 radical (unpaired) electrons. The van der Waals surface area contributed by atoms with Gasteiger partial charge in [0.05, 0.1) is 0 Å². The Morgan fingerprint density at radius 3 is 2.58 bits per heavy atom. The Kier molecular flexibility index (Phi) is 6.72. The van der Waals surface area contributed by atoms with Crippen LogP contribution in [0.25, 0.3) is 0 Å². The minimum Gasteiger partial charge on any atom is -0.351 e. The third-order valence-corrected chi connectivity index (χ3v) is 6.38. The van der Waals surface area contributed by atoms with Crippen LogP contribution < -0.4 is 10.2 Å². The Morgan fingerprint density at radius 2 is 1.90 bits per heavy atom. The molecular formula is C24H24FN3O2S. The summed E-state index contributed by atoms with van der Waals surface area (Å²) in [7, 11) is 0. The van der Waals surface area contributed by atoms with Crippen LogP contribution in [0.15, 0.2) is 66.2 Å². The molecule has 2 amide bonds. The molecule has 0 bridgehead atoms. The van der Waals surface area contributed by atoms with Crippen molar-refractivity contribution in [3.8, 4) is 0 Å². The molecule has 1 atom stereocenters. The van der Waals surface area contributed by atoms with Gasteiger partial charge < -0.3 is 5.32 Å². The van der Waals surface area contributed by atoms with E-state index in [1.165, 1.54) is 47.1 Å². The van der Waals surface area contributed by atoms with E-state index >= 15 is 0 Å². The van der Waals surface area contributed by atoms with Crippen LogP contribution in [-0.2, 0) is 4.79 Å². The molecule has 3 aromatic rings. The molecule has 2 heterocycles. The van der Waals surface area contributed by atoms with E-state index in [1.807, 2.05) is 17.5 Å². The van der Waals surface area contributed by atoms with E-state index in [0.29, 0.717) is 10.6 Å². The molecule has 1 aromatic carbocycles. The quantitative estimate of drug-likeness (QED) is 0.582. The Morgan fingerprint density at radius 1 is 1.06 bits per heavy atom. The average molecular weight is 438 g/mol. The molecule has 0 saturated heterocycles. The standard InChI is InChI=1S/C24H24FN3O2S/c25-17-8-6-11-19(16-17)28(24(30)20-12-4-5-14-26-20)22(21-13-7-15-31-21)23(29)27-18-9-2-1-3-10-18/h4-8,11-16,18,22H,1-3,9-10H2,(H,27,29)/t22-/m1/s1. The molecule has 0 aliphatic heterocycles. The second-order valence-electron chi connectivity index (χ2n) is 7.63. The third-order valence-electron chi connectivity index (χ3n) is 5.46. The summed E-state index contributed by atoms with van der Waals surface area (Å²) in [6.45, 7) is 0. The van der Waals surface area contributed by atoms with Crippen molar-refractivity contribution in [2.24, 2.45) is 0 Å². The molecular weight excluding hydrogens is 413 g/mol. The smallest absolute Gasteiger partial charge is 0.277 e. The number of aromatic nitrogens is 1. The highest BCUT2D eigenvalue weighted by atomic mass is 32.1. The SMILES string of the molecule is O=C(NC1CCCCC1)[C@@H](c1cccs1)N(C(=O)c1ccccn1)c1cccc(F)c1. The second kappa shape index (κ2) is 9.83. The highest BCUT2D eigenvalue weighted by Crippen LogP contribution is 2.33. The number of carbonyl (C=O) groups is 2. The maximum Gasteiger partial charge on any atom is 0.277 e. The van der Waals surface area contributed by atoms with Crippen LogP contribution in [0.5, 0.6) is 0 Å². The summed E-state index contributed by atoms with van der Waals surface area (Å²) < 4.78 is 14.1. The molecule has 4 rings (SSSR count). The van der Waals surface area contributed by atoms with Crippen LogP contribution in [0.2, 0.25) is 0 Å². The molecule has 0 spiro atoms. The number of thiophene rings is 1. The van der Waals surface area contributed by atoms with Crippen LogP contribution >= 0.6 is 11.3 Å². The molecule has 5 nitrogen and oxygen atoms in total. The predicted molar refractivity (Wildman–Crippen MR) is 120 cm³/mol. The number of nitrogens with one attached hydrogen (secondary N) is 1. The largest absolute Gasteiger partial charge is 0.351 e. The maximum atomic E-state index is 14.1. The Hall–Kier alpha value is -3.06. The Bertz CT molecular complexity index is 1020. The molecule has 1 aliphatic rings. The lowest BCUT2D eigenvalue weighted by molar-refractivity contribution is -0.123. The second-order valence-corrected chi connectivity index (χ2v) is 8.61. The van der Waals surface area contributed by atoms with Gasteiger partial charge in [-0.3, -0.25) is 19.5 Å². The van der Waals surface area contributed by atoms with Crippen molar-refractivity contribution >= 4 is 28.8 Å². The van der Waals surface area contributed by atoms with Crippen LogP contribution in [0, 0.1) is 5.82 Å². The maximum absolute atomic E-state index is 14.1. The number of halogens is 1. The van der Waals surface area contributed by atoms with Gasteiger partial charge in [0.15, 0.2) is 6.04 Å². The number of hydrogen-bond donors (Lipinski definition) is 1. The van der Waals surface area contributed by atoms with Gasteiger partial charge in [0, 0.05) is 22.8 Å². The Labute approximate surface area is 184 Å². The lowest BCUT2D eigenvalue weighted by atomic mass is 9.95. The first-order valence-corrected chi connectivity index (χ1v) is 11.4. The molecule has 31 heavy (non-hydrogen) atoms. The van der Waals surface area contributed by atoms with Gasteiger partial charge in [-0.05, 0) is 54.6 Å². The highest BCUT2D eigenvalue weighted by Gasteiger charge is 2.35. The summed E-state index contributed by atoms with van der Waals surface area (Å²) in [5.74, 6) is -1.19. The first-order chi connectivity index (χ1) is 15.1. The summed E-state index contributed by atoms with van der Waals surface area (Å²) in [6, 6.07) is 13.6. The fraction of sp³-hybridized carbons (Fsp3) is 0.292. The first kappa shape index (κ1) is 21.2. The van der Waals surface area contributed by atoms with Crippen LogP contribution in [0.3, 0.4) is 0 Å². The van der Waals surface area contributed by atoms with E-state index in [2.05, 4.69) is 10.3 Å². The fourth-order valence-corrected chi connectivity index (χ4v) is 4.78. The van der Waals surface area contributed by atoms with Crippen LogP contribution in [-0.4, -0.2) is 22.8 Å². The van der Waals surface area contributed by atoms with Gasteiger partial charge in [-0.15, -0.1) is 11.3 Å². The van der Waals surface area contributed by atoms with Crippen molar-refractivity contribution < 1.29 is 14.0 Å². The minimum atomic E-state index is -0.918. The van der Waals surface area contributed by atoms with Crippen molar-refractivity contribution in [3.63, 3.8) is 0 Å². The van der Waals surface area contributed by atoms with E-state index in [-0.39, 0.29) is 17.6 Å². The van der Waals surface area contributed by atoms with Crippen LogP contribution in [0.1, 0.15) is 53.5 Å². The fourth-order valence-electron chi connectivity index (χ4n) is 3.97. The number of nitrogens with zero attached hydrogens (tertiary/aromatic N) is 2. The topological polar surface area (TPSA) is 62.3 Å². The molecule has 0 unspecified atom stereocenters. The lowest BCUT2D eigenvalue weighted by Gasteiger charge is -2.32. The number of carbonyl (C=O) groups excluding carboxylic acids is 2. The molecule has 1 aliphatic carbocycles. The molecule has 160 valence electrons. The summed E-state index contributed by atoms with van der Waals surface area (Å²) in [5.41, 5.74) is 0.506. The number of rotatable bonds is 6. The van der Waals surface area contributed by atoms with Gasteiger partial charge in [0.1, 0.15) is 11.5 Å². The van der Waals surface area contributed by atoms with Gasteiger partial charge in [-0.2, -0.15) is 0 Å². The van der Waals surface area contributed by atoms with Gasteiger partial charge >= 0.3 is 0 Å². The summed E-state index contributed by atoms with van der Waals surface area (Å²) in [6.07, 6.45) is 6.71. The zero-order chi connectivity index (χ0) is 21.6. The number of hydrogen-bond acceptors (Lipinski definition) is 4. The number of anilines is 1. The normalized spacial score (nSPS) is 15.3. The Balaban J connectivity index is 1.76. The molecule has 2 aromatic heterocycles. The monoisotopic (exact) mass is 437 g/mol. The molecule has 7 heteroatoms. The van der Waals surface area contributed by atoms with Gasteiger partial charge in [0.25, 0.3) is 5.91 Å². The predicted octanol–water partition coefficient (Wildman–Crippen LogP) is 5.12. The number of benzene rings is 1. The van der Waals surface area contributed by atoms with E-state index in [9.17, 15) is 14.0 Å². The summed E-state index contributed by atoms with van der Waals surface area (Å²) in [5, 5.41) is 5.00. The number of amides is 2. The minimum absolute atomic E-state index is 0.0861. The molecule has 1 fully saturated rings. The summed E-state index contributed by atoms with van der Waals surface area (Å²) >= 11 is 1.39. The van der Waals surface area contributed by atoms with Crippen molar-refractivity contribution in [3.05, 3.63) is 82.6 Å². The molecule has 1 N–H and O–H groups in total. The van der Waals surface area contributed by atoms with E-state index in [0.717, 1.165) is 25.7 Å². The van der Waals surface area contributed by atoms with E-state index in [1.54, 1.807) is 24.3 Å². The molecule has 1 saturated carbocycles. The third kappa shape index (κ3) is 4.99. The zero-order valence-electron chi connectivity index (χ0n) is 17.0. The van der Waals surface area contributed by atoms with Crippen LogP contribution in [0.4, 0.5) is 10.1 Å². The van der Waals surface area contributed by atoms with Crippen molar-refractivity contribution in [1.29, 1.82) is 0 Å². The van der Waals surface area contributed by atoms with E-state index < -0.39 is 17.8 Å². The van der Waals surface area contributed by atoms with Gasteiger partial charge in [-0.25, -0.2) is 4.39 Å². The van der Waals surface area contributed by atoms with Crippen molar-refractivity contribution in [2.45, 2.75) is 44.2 Å². The summed E-state index contributed by atoms with van der Waals surface area (Å²) in [4.78, 5) is 33.3. The highest BCUT2D eigenvalue weighted by molar-refractivity contribution is 7.10.